The second-order valence-electron chi connectivity index (χ2n) is 7.68. The molecule has 0 bridgehead atoms. The summed E-state index contributed by atoms with van der Waals surface area (Å²) in [7, 11) is 0. The minimum absolute atomic E-state index is 0.185. The van der Waals surface area contributed by atoms with E-state index in [4.69, 9.17) is 11.6 Å². The first-order valence-corrected chi connectivity index (χ1v) is 9.94. The third-order valence-electron chi connectivity index (χ3n) is 5.64. The van der Waals surface area contributed by atoms with E-state index in [0.717, 1.165) is 11.1 Å². The van der Waals surface area contributed by atoms with E-state index >= 15 is 0 Å². The summed E-state index contributed by atoms with van der Waals surface area (Å²) in [6.45, 7) is 3.86. The van der Waals surface area contributed by atoms with Crippen LogP contribution >= 0.6 is 11.6 Å². The van der Waals surface area contributed by atoms with Crippen LogP contribution in [-0.4, -0.2) is 17.7 Å². The molecule has 2 aromatic rings. The molecule has 0 spiro atoms. The van der Waals surface area contributed by atoms with Crippen LogP contribution in [-0.2, 0) is 9.59 Å². The molecule has 5 nitrogen and oxygen atoms in total. The Balaban J connectivity index is 1.59. The van der Waals surface area contributed by atoms with Crippen LogP contribution < -0.4 is 10.2 Å². The summed E-state index contributed by atoms with van der Waals surface area (Å²) in [6, 6.07) is 11.9. The van der Waals surface area contributed by atoms with Crippen LogP contribution in [0.5, 0.6) is 0 Å². The van der Waals surface area contributed by atoms with Gasteiger partial charge >= 0.3 is 0 Å². The zero-order chi connectivity index (χ0) is 20.7. The summed E-state index contributed by atoms with van der Waals surface area (Å²) in [6.07, 6.45) is 3.23. The van der Waals surface area contributed by atoms with Crippen LogP contribution in [0.4, 0.5) is 11.4 Å². The molecule has 1 fully saturated rings. The Kier molecular flexibility index (Phi) is 5.01. The number of hydrogen-bond acceptors (Lipinski definition) is 3. The molecule has 4 rings (SSSR count). The molecule has 2 unspecified atom stereocenters. The number of benzene rings is 2. The lowest BCUT2D eigenvalue weighted by atomic mass is 9.82. The van der Waals surface area contributed by atoms with Crippen molar-refractivity contribution < 1.29 is 14.4 Å². The van der Waals surface area contributed by atoms with Gasteiger partial charge in [0.05, 0.1) is 17.5 Å². The molecule has 1 N–H and O–H groups in total. The summed E-state index contributed by atoms with van der Waals surface area (Å²) in [5, 5.41) is 3.37. The number of allylic oxidation sites excluding steroid dienone is 2. The van der Waals surface area contributed by atoms with Gasteiger partial charge in [-0.05, 0) is 62.6 Å². The first-order chi connectivity index (χ1) is 13.8. The third kappa shape index (κ3) is 3.58. The van der Waals surface area contributed by atoms with Gasteiger partial charge in [-0.2, -0.15) is 0 Å². The Morgan fingerprint density at radius 3 is 2.62 bits per heavy atom. The summed E-state index contributed by atoms with van der Waals surface area (Å²) >= 11 is 6.02. The molecule has 29 heavy (non-hydrogen) atoms. The fraction of sp³-hybridized carbons (Fsp3) is 0.261. The molecule has 2 atom stereocenters. The minimum Gasteiger partial charge on any atom is -0.322 e. The predicted molar refractivity (Wildman–Crippen MR) is 113 cm³/mol. The molecule has 0 aromatic heterocycles. The Bertz CT molecular complexity index is 1060. The van der Waals surface area contributed by atoms with E-state index in [1.807, 2.05) is 26.0 Å². The quantitative estimate of drug-likeness (QED) is 0.588. The number of halogens is 1. The lowest BCUT2D eigenvalue weighted by molar-refractivity contribution is -0.122. The molecule has 6 heteroatoms. The Hall–Kier alpha value is -2.92. The molecule has 1 heterocycles. The van der Waals surface area contributed by atoms with Gasteiger partial charge in [-0.3, -0.25) is 19.3 Å². The molecule has 2 aliphatic rings. The zero-order valence-electron chi connectivity index (χ0n) is 16.2. The highest BCUT2D eigenvalue weighted by atomic mass is 35.5. The third-order valence-corrected chi connectivity index (χ3v) is 5.87. The SMILES string of the molecule is CC1=CCC2C(=O)N(c3cccc(C(=O)Nc4cc(Cl)ccc4C)c3)C(=O)C2C1. The summed E-state index contributed by atoms with van der Waals surface area (Å²) in [5.74, 6) is -1.31. The average molecular weight is 409 g/mol. The van der Waals surface area contributed by atoms with Gasteiger partial charge in [0, 0.05) is 16.3 Å². The number of rotatable bonds is 3. The zero-order valence-corrected chi connectivity index (χ0v) is 17.0. The van der Waals surface area contributed by atoms with Crippen molar-refractivity contribution in [2.45, 2.75) is 26.7 Å². The van der Waals surface area contributed by atoms with Crippen molar-refractivity contribution in [2.75, 3.05) is 10.2 Å². The average Bonchev–Trinajstić information content (AvgIpc) is 2.94. The van der Waals surface area contributed by atoms with E-state index < -0.39 is 0 Å². The lowest BCUT2D eigenvalue weighted by Crippen LogP contribution is -2.31. The molecule has 1 aliphatic heterocycles. The summed E-state index contributed by atoms with van der Waals surface area (Å²) < 4.78 is 0. The second-order valence-corrected chi connectivity index (χ2v) is 8.12. The number of nitrogens with zero attached hydrogens (tertiary/aromatic N) is 1. The maximum Gasteiger partial charge on any atom is 0.255 e. The number of carbonyl (C=O) groups excluding carboxylic acids is 3. The number of aryl methyl sites for hydroxylation is 1. The van der Waals surface area contributed by atoms with Crippen molar-refractivity contribution in [3.05, 3.63) is 70.3 Å². The monoisotopic (exact) mass is 408 g/mol. The van der Waals surface area contributed by atoms with E-state index in [0.29, 0.717) is 34.8 Å². The van der Waals surface area contributed by atoms with Gasteiger partial charge in [0.2, 0.25) is 11.8 Å². The van der Waals surface area contributed by atoms with Gasteiger partial charge in [-0.15, -0.1) is 0 Å². The van der Waals surface area contributed by atoms with Gasteiger partial charge in [0.25, 0.3) is 5.91 Å². The molecule has 2 aromatic carbocycles. The van der Waals surface area contributed by atoms with Gasteiger partial charge in [0.15, 0.2) is 0 Å². The number of fused-ring (bicyclic) bond motifs is 1. The Morgan fingerprint density at radius 2 is 1.83 bits per heavy atom. The van der Waals surface area contributed by atoms with Crippen molar-refractivity contribution in [2.24, 2.45) is 11.8 Å². The van der Waals surface area contributed by atoms with Crippen LogP contribution in [0, 0.1) is 18.8 Å². The fourth-order valence-electron chi connectivity index (χ4n) is 4.00. The van der Waals surface area contributed by atoms with E-state index in [-0.39, 0.29) is 29.6 Å². The van der Waals surface area contributed by atoms with Gasteiger partial charge < -0.3 is 5.32 Å². The second kappa shape index (κ2) is 7.48. The van der Waals surface area contributed by atoms with E-state index in [1.54, 1.807) is 36.4 Å². The van der Waals surface area contributed by atoms with Crippen molar-refractivity contribution in [3.63, 3.8) is 0 Å². The molecular weight excluding hydrogens is 388 g/mol. The number of anilines is 2. The van der Waals surface area contributed by atoms with Crippen LogP contribution in [0.25, 0.3) is 0 Å². The molecule has 148 valence electrons. The largest absolute Gasteiger partial charge is 0.322 e. The summed E-state index contributed by atoms with van der Waals surface area (Å²) in [4.78, 5) is 39.8. The van der Waals surface area contributed by atoms with E-state index in [1.165, 1.54) is 4.90 Å². The van der Waals surface area contributed by atoms with E-state index in [9.17, 15) is 14.4 Å². The number of amides is 3. The van der Waals surface area contributed by atoms with Crippen molar-refractivity contribution in [3.8, 4) is 0 Å². The first kappa shape index (κ1) is 19.4. The van der Waals surface area contributed by atoms with Crippen LogP contribution in [0.15, 0.2) is 54.1 Å². The van der Waals surface area contributed by atoms with Crippen molar-refractivity contribution in [1.82, 2.24) is 0 Å². The van der Waals surface area contributed by atoms with E-state index in [2.05, 4.69) is 5.32 Å². The topological polar surface area (TPSA) is 66.5 Å². The predicted octanol–water partition coefficient (Wildman–Crippen LogP) is 4.75. The maximum absolute atomic E-state index is 12.9. The standard InChI is InChI=1S/C23H21ClN2O3/c1-13-6-9-18-19(10-13)23(29)26(22(18)28)17-5-3-4-15(11-17)21(27)25-20-12-16(24)8-7-14(20)2/h3-8,11-12,18-19H,9-10H2,1-2H3,(H,25,27). The lowest BCUT2D eigenvalue weighted by Gasteiger charge is -2.18. The highest BCUT2D eigenvalue weighted by molar-refractivity contribution is 6.31. The van der Waals surface area contributed by atoms with Crippen LogP contribution in [0.2, 0.25) is 5.02 Å². The number of hydrogen-bond donors (Lipinski definition) is 1. The molecule has 1 saturated heterocycles. The molecular formula is C23H21ClN2O3. The minimum atomic E-state index is -0.328. The van der Waals surface area contributed by atoms with Crippen LogP contribution in [0.3, 0.4) is 0 Å². The van der Waals surface area contributed by atoms with Crippen molar-refractivity contribution >= 4 is 40.7 Å². The fourth-order valence-corrected chi connectivity index (χ4v) is 4.17. The number of carbonyl (C=O) groups is 3. The molecule has 1 aliphatic carbocycles. The highest BCUT2D eigenvalue weighted by Crippen LogP contribution is 2.39. The molecule has 0 radical (unpaired) electrons. The van der Waals surface area contributed by atoms with Gasteiger partial charge in [-0.25, -0.2) is 0 Å². The Morgan fingerprint density at radius 1 is 1.07 bits per heavy atom. The first-order valence-electron chi connectivity index (χ1n) is 9.56. The normalized spacial score (nSPS) is 21.1. The van der Waals surface area contributed by atoms with Crippen LogP contribution in [0.1, 0.15) is 35.7 Å². The van der Waals surface area contributed by atoms with Crippen molar-refractivity contribution in [1.29, 1.82) is 0 Å². The summed E-state index contributed by atoms with van der Waals surface area (Å²) in [5.41, 5.74) is 3.44. The molecule has 0 saturated carbocycles. The number of imide groups is 1. The highest BCUT2D eigenvalue weighted by Gasteiger charge is 2.48. The molecule has 3 amide bonds. The smallest absolute Gasteiger partial charge is 0.255 e. The maximum atomic E-state index is 12.9. The number of nitrogens with one attached hydrogen (secondary N) is 1. The van der Waals surface area contributed by atoms with Gasteiger partial charge in [-0.1, -0.05) is 35.4 Å². The Labute approximate surface area is 174 Å². The van der Waals surface area contributed by atoms with Gasteiger partial charge in [0.1, 0.15) is 0 Å².